The zero-order valence-electron chi connectivity index (χ0n) is 14.2. The van der Waals surface area contributed by atoms with Crippen LogP contribution in [-0.2, 0) is 4.79 Å². The van der Waals surface area contributed by atoms with Gasteiger partial charge in [-0.2, -0.15) is 74.6 Å². The number of carbonyl (C=O) groups excluding carboxylic acids is 1. The molecule has 0 heterocycles. The summed E-state index contributed by atoms with van der Waals surface area (Å²) >= 11 is 0. The number of halogens is 17. The number of allylic oxidation sites excluding steroid dienone is 1. The maximum Gasteiger partial charge on any atom is 0.460 e. The average Bonchev–Trinajstić information content (AvgIpc) is 2.57. The smallest absolute Gasteiger partial charge is 0.234 e. The summed E-state index contributed by atoms with van der Waals surface area (Å²) in [5, 5.41) is 0. The monoisotopic (exact) mass is 502 g/mol. The number of hydrogen-bond acceptors (Lipinski definition) is 1. The summed E-state index contributed by atoms with van der Waals surface area (Å²) in [6, 6.07) is 0. The van der Waals surface area contributed by atoms with Gasteiger partial charge in [0.1, 0.15) is 5.94 Å². The lowest BCUT2D eigenvalue weighted by Crippen LogP contribution is -2.74. The first-order valence-electron chi connectivity index (χ1n) is 7.14. The van der Waals surface area contributed by atoms with Gasteiger partial charge in [-0.1, -0.05) is 6.92 Å². The van der Waals surface area contributed by atoms with E-state index >= 15 is 0 Å². The molecular weight excluding hydrogens is 495 g/mol. The van der Waals surface area contributed by atoms with Crippen molar-refractivity contribution in [3.8, 4) is 0 Å². The van der Waals surface area contributed by atoms with E-state index in [0.29, 0.717) is 5.94 Å². The van der Waals surface area contributed by atoms with Gasteiger partial charge in [0.05, 0.1) is 0 Å². The van der Waals surface area contributed by atoms with E-state index in [1.807, 2.05) is 0 Å². The summed E-state index contributed by atoms with van der Waals surface area (Å²) in [6.07, 6.45) is -9.49. The van der Waals surface area contributed by atoms with Gasteiger partial charge in [0, 0.05) is 12.0 Å². The van der Waals surface area contributed by atoms with Crippen LogP contribution in [0.4, 0.5) is 74.6 Å². The van der Waals surface area contributed by atoms with Gasteiger partial charge in [0.2, 0.25) is 0 Å². The molecule has 0 aromatic carbocycles. The van der Waals surface area contributed by atoms with Gasteiger partial charge >= 0.3 is 47.6 Å². The molecule has 0 bridgehead atoms. The Labute approximate surface area is 159 Å². The second-order valence-electron chi connectivity index (χ2n) is 6.03. The van der Waals surface area contributed by atoms with Crippen LogP contribution in [-0.4, -0.2) is 53.6 Å². The first-order chi connectivity index (χ1) is 13.2. The van der Waals surface area contributed by atoms with E-state index in [9.17, 15) is 79.4 Å². The van der Waals surface area contributed by atoms with Crippen LogP contribution in [0.1, 0.15) is 13.3 Å². The lowest BCUT2D eigenvalue weighted by atomic mass is 9.85. The van der Waals surface area contributed by atoms with Gasteiger partial charge in [-0.05, 0) is 6.42 Å². The largest absolute Gasteiger partial charge is 0.460 e. The molecule has 0 fully saturated rings. The molecule has 0 saturated carbocycles. The first kappa shape index (κ1) is 29.3. The molecule has 0 N–H and O–H groups in total. The van der Waals surface area contributed by atoms with Crippen LogP contribution in [0, 0.1) is 5.92 Å². The highest BCUT2D eigenvalue weighted by atomic mass is 19.4. The molecule has 0 saturated heterocycles. The van der Waals surface area contributed by atoms with Gasteiger partial charge in [-0.15, -0.1) is 0 Å². The summed E-state index contributed by atoms with van der Waals surface area (Å²) in [4.78, 5) is 9.83. The number of alkyl halides is 17. The fourth-order valence-corrected chi connectivity index (χ4v) is 1.86. The van der Waals surface area contributed by atoms with Crippen LogP contribution >= 0.6 is 0 Å². The SMILES string of the molecule is CC(CC=C=O)C(F)(F)C(F)(F)C(F)(F)C(F)(F)C(F)(F)C(F)(F)C(F)(F)C(F)(F)F. The Morgan fingerprint density at radius 1 is 0.581 bits per heavy atom. The predicted octanol–water partition coefficient (Wildman–Crippen LogP) is 6.41. The van der Waals surface area contributed by atoms with Crippen LogP contribution in [0.5, 0.6) is 0 Å². The van der Waals surface area contributed by atoms with Crippen molar-refractivity contribution >= 4 is 5.94 Å². The molecule has 0 aliphatic rings. The minimum Gasteiger partial charge on any atom is -0.234 e. The third-order valence-electron chi connectivity index (χ3n) is 3.92. The van der Waals surface area contributed by atoms with Crippen LogP contribution in [0.3, 0.4) is 0 Å². The summed E-state index contributed by atoms with van der Waals surface area (Å²) in [5.41, 5.74) is 0. The van der Waals surface area contributed by atoms with E-state index in [4.69, 9.17) is 0 Å². The third-order valence-corrected chi connectivity index (χ3v) is 3.92. The Kier molecular flexibility index (Phi) is 7.26. The van der Waals surface area contributed by atoms with Crippen molar-refractivity contribution in [3.63, 3.8) is 0 Å². The second kappa shape index (κ2) is 7.69. The van der Waals surface area contributed by atoms with Gasteiger partial charge in [-0.25, -0.2) is 4.79 Å². The van der Waals surface area contributed by atoms with Crippen LogP contribution in [0.15, 0.2) is 6.08 Å². The second-order valence-corrected chi connectivity index (χ2v) is 6.03. The topological polar surface area (TPSA) is 17.1 Å². The standard InChI is InChI=1S/C13H7F17O/c1-5(3-2-4-31)6(14,15)7(16,17)8(18,19)9(20,21)10(22,23)11(24,25)12(26,27)13(28,29)30/h2,5H,3H2,1H3. The zero-order valence-corrected chi connectivity index (χ0v) is 14.2. The summed E-state index contributed by atoms with van der Waals surface area (Å²) in [6.45, 7) is -0.124. The summed E-state index contributed by atoms with van der Waals surface area (Å²) < 4.78 is 221. The van der Waals surface area contributed by atoms with Gasteiger partial charge in [0.25, 0.3) is 0 Å². The molecule has 0 amide bonds. The number of rotatable bonds is 9. The molecule has 1 atom stereocenters. The van der Waals surface area contributed by atoms with Crippen LogP contribution < -0.4 is 0 Å². The zero-order chi connectivity index (χ0) is 25.7. The third kappa shape index (κ3) is 3.84. The lowest BCUT2D eigenvalue weighted by molar-refractivity contribution is -0.463. The van der Waals surface area contributed by atoms with Gasteiger partial charge in [0.15, 0.2) is 0 Å². The Morgan fingerprint density at radius 2 is 0.871 bits per heavy atom. The molecule has 184 valence electrons. The molecule has 0 aliphatic carbocycles. The Bertz CT molecular complexity index is 697. The van der Waals surface area contributed by atoms with Gasteiger partial charge < -0.3 is 0 Å². The van der Waals surface area contributed by atoms with Crippen molar-refractivity contribution in [1.29, 1.82) is 0 Å². The molecule has 0 aromatic rings. The number of hydrogen-bond donors (Lipinski definition) is 0. The molecule has 1 unspecified atom stereocenters. The highest BCUT2D eigenvalue weighted by Crippen LogP contribution is 2.64. The van der Waals surface area contributed by atoms with Crippen molar-refractivity contribution in [3.05, 3.63) is 6.08 Å². The summed E-state index contributed by atoms with van der Waals surface area (Å²) in [5.74, 6) is -59.1. The molecular formula is C13H7F17O. The highest BCUT2D eigenvalue weighted by Gasteiger charge is 2.95. The highest BCUT2D eigenvalue weighted by molar-refractivity contribution is 5.44. The molecule has 0 aliphatic heterocycles. The minimum atomic E-state index is -8.64. The van der Waals surface area contributed by atoms with Crippen molar-refractivity contribution in [2.24, 2.45) is 5.92 Å². The Balaban J connectivity index is 6.72. The van der Waals surface area contributed by atoms with E-state index in [-0.39, 0.29) is 13.0 Å². The Morgan fingerprint density at radius 3 is 1.16 bits per heavy atom. The molecule has 0 radical (unpaired) electrons. The quantitative estimate of drug-likeness (QED) is 0.263. The normalized spacial score (nSPS) is 16.7. The molecule has 0 aromatic heterocycles. The first-order valence-corrected chi connectivity index (χ1v) is 7.14. The molecule has 0 rings (SSSR count). The predicted molar refractivity (Wildman–Crippen MR) is 64.7 cm³/mol. The fourth-order valence-electron chi connectivity index (χ4n) is 1.86. The van der Waals surface area contributed by atoms with Crippen molar-refractivity contribution in [2.75, 3.05) is 0 Å². The molecule has 0 spiro atoms. The van der Waals surface area contributed by atoms with Gasteiger partial charge in [-0.3, -0.25) is 0 Å². The van der Waals surface area contributed by atoms with E-state index < -0.39 is 60.0 Å². The average molecular weight is 502 g/mol. The lowest BCUT2D eigenvalue weighted by Gasteiger charge is -2.43. The maximum atomic E-state index is 13.6. The summed E-state index contributed by atoms with van der Waals surface area (Å²) in [7, 11) is 0. The maximum absolute atomic E-state index is 13.6. The van der Waals surface area contributed by atoms with E-state index in [1.54, 1.807) is 0 Å². The van der Waals surface area contributed by atoms with E-state index in [2.05, 4.69) is 0 Å². The fraction of sp³-hybridized carbons (Fsp3) is 0.846. The van der Waals surface area contributed by atoms with Crippen LogP contribution in [0.25, 0.3) is 0 Å². The minimum absolute atomic E-state index is 0.0718. The van der Waals surface area contributed by atoms with E-state index in [1.165, 1.54) is 0 Å². The molecule has 18 heteroatoms. The van der Waals surface area contributed by atoms with E-state index in [0.717, 1.165) is 0 Å². The Hall–Kier alpha value is -1.74. The van der Waals surface area contributed by atoms with Crippen molar-refractivity contribution < 1.29 is 79.4 Å². The molecule has 1 nitrogen and oxygen atoms in total. The van der Waals surface area contributed by atoms with Crippen LogP contribution in [0.2, 0.25) is 0 Å². The van der Waals surface area contributed by atoms with Crippen molar-refractivity contribution in [2.45, 2.75) is 61.0 Å². The molecule has 31 heavy (non-hydrogen) atoms. The van der Waals surface area contributed by atoms with Crippen molar-refractivity contribution in [1.82, 2.24) is 0 Å².